The lowest BCUT2D eigenvalue weighted by molar-refractivity contribution is 0.316. The van der Waals surface area contributed by atoms with Crippen molar-refractivity contribution in [2.24, 2.45) is 13.0 Å². The molecule has 5 heteroatoms. The van der Waals surface area contributed by atoms with Crippen molar-refractivity contribution in [3.8, 4) is 11.1 Å². The molecule has 0 amide bonds. The van der Waals surface area contributed by atoms with Crippen molar-refractivity contribution < 1.29 is 0 Å². The number of nitrogens with one attached hydrogen (secondary N) is 1. The van der Waals surface area contributed by atoms with Crippen LogP contribution in [0.1, 0.15) is 17.5 Å². The summed E-state index contributed by atoms with van der Waals surface area (Å²) in [5, 5.41) is 7.63. The van der Waals surface area contributed by atoms with Crippen LogP contribution in [0.15, 0.2) is 30.6 Å². The summed E-state index contributed by atoms with van der Waals surface area (Å²) in [6.45, 7) is 6.71. The highest BCUT2D eigenvalue weighted by Gasteiger charge is 2.22. The molecule has 0 saturated carbocycles. The summed E-state index contributed by atoms with van der Waals surface area (Å²) in [7, 11) is 4.02. The Balaban J connectivity index is 0.00000192. The fraction of sp³-hybridized carbons (Fsp3) is 0.500. The highest BCUT2D eigenvalue weighted by molar-refractivity contribution is 5.85. The molecule has 0 bridgehead atoms. The number of aromatic nitrogens is 2. The summed E-state index contributed by atoms with van der Waals surface area (Å²) < 4.78 is 1.88. The molecule has 1 atom stereocenters. The molecule has 1 fully saturated rings. The fourth-order valence-corrected chi connectivity index (χ4v) is 3.41. The van der Waals surface area contributed by atoms with E-state index >= 15 is 0 Å². The van der Waals surface area contributed by atoms with Crippen molar-refractivity contribution in [2.75, 3.05) is 26.7 Å². The van der Waals surface area contributed by atoms with Gasteiger partial charge in [0.15, 0.2) is 0 Å². The van der Waals surface area contributed by atoms with Crippen LogP contribution in [0.2, 0.25) is 0 Å². The van der Waals surface area contributed by atoms with Gasteiger partial charge in [-0.15, -0.1) is 12.4 Å². The maximum absolute atomic E-state index is 4.33. The summed E-state index contributed by atoms with van der Waals surface area (Å²) in [5.41, 5.74) is 5.25. The van der Waals surface area contributed by atoms with Gasteiger partial charge in [-0.3, -0.25) is 9.58 Å². The molecule has 1 N–H and O–H groups in total. The van der Waals surface area contributed by atoms with Crippen molar-refractivity contribution in [2.45, 2.75) is 19.9 Å². The van der Waals surface area contributed by atoms with E-state index in [9.17, 15) is 0 Å². The van der Waals surface area contributed by atoms with E-state index in [1.807, 2.05) is 25.0 Å². The lowest BCUT2D eigenvalue weighted by Crippen LogP contribution is -2.24. The molecule has 0 spiro atoms. The Morgan fingerprint density at radius 1 is 1.35 bits per heavy atom. The van der Waals surface area contributed by atoms with Crippen LogP contribution >= 0.6 is 12.4 Å². The largest absolute Gasteiger partial charge is 0.319 e. The molecule has 1 aliphatic rings. The lowest BCUT2D eigenvalue weighted by atomic mass is 9.99. The summed E-state index contributed by atoms with van der Waals surface area (Å²) in [6, 6.07) is 6.78. The molecule has 1 aromatic heterocycles. The quantitative estimate of drug-likeness (QED) is 0.912. The van der Waals surface area contributed by atoms with Crippen molar-refractivity contribution in [1.82, 2.24) is 20.0 Å². The van der Waals surface area contributed by atoms with Crippen LogP contribution in [-0.2, 0) is 13.6 Å². The SMILES string of the molecule is CNCC1CCN(Cc2ccc(C)cc2-c2cnn(C)c2)C1.Cl. The standard InChI is InChI=1S/C18H26N4.ClH/c1-14-4-5-16(13-22-7-6-15(11-22)9-19-2)18(8-14)17-10-20-21(3)12-17;/h4-5,8,10,12,15,19H,6-7,9,11,13H2,1-3H3;1H. The third kappa shape index (κ3) is 4.34. The molecule has 0 aliphatic carbocycles. The van der Waals surface area contributed by atoms with Crippen LogP contribution in [0.25, 0.3) is 11.1 Å². The lowest BCUT2D eigenvalue weighted by Gasteiger charge is -2.18. The van der Waals surface area contributed by atoms with Gasteiger partial charge >= 0.3 is 0 Å². The van der Waals surface area contributed by atoms with Gasteiger partial charge in [0.1, 0.15) is 0 Å². The number of likely N-dealkylation sites (tertiary alicyclic amines) is 1. The number of aryl methyl sites for hydroxylation is 2. The Bertz CT molecular complexity index is 638. The predicted molar refractivity (Wildman–Crippen MR) is 97.9 cm³/mol. The molecular formula is C18H27ClN4. The zero-order valence-electron chi connectivity index (χ0n) is 14.2. The van der Waals surface area contributed by atoms with Gasteiger partial charge in [0.05, 0.1) is 6.20 Å². The molecule has 3 rings (SSSR count). The van der Waals surface area contributed by atoms with Crippen LogP contribution in [0.5, 0.6) is 0 Å². The molecular weight excluding hydrogens is 308 g/mol. The highest BCUT2D eigenvalue weighted by atomic mass is 35.5. The molecule has 1 saturated heterocycles. The maximum Gasteiger partial charge on any atom is 0.0568 e. The van der Waals surface area contributed by atoms with Gasteiger partial charge in [0.25, 0.3) is 0 Å². The number of rotatable bonds is 5. The number of halogens is 1. The minimum absolute atomic E-state index is 0. The van der Waals surface area contributed by atoms with E-state index in [0.717, 1.165) is 19.0 Å². The van der Waals surface area contributed by atoms with E-state index in [4.69, 9.17) is 0 Å². The molecule has 2 heterocycles. The van der Waals surface area contributed by atoms with Crippen molar-refractivity contribution in [3.63, 3.8) is 0 Å². The summed E-state index contributed by atoms with van der Waals surface area (Å²) in [5.74, 6) is 0.789. The van der Waals surface area contributed by atoms with E-state index in [1.54, 1.807) is 0 Å². The van der Waals surface area contributed by atoms with E-state index < -0.39 is 0 Å². The molecule has 1 aliphatic heterocycles. The monoisotopic (exact) mass is 334 g/mol. The summed E-state index contributed by atoms with van der Waals surface area (Å²) in [4.78, 5) is 2.58. The first-order chi connectivity index (χ1) is 10.7. The topological polar surface area (TPSA) is 33.1 Å². The van der Waals surface area contributed by atoms with Gasteiger partial charge in [-0.25, -0.2) is 0 Å². The zero-order chi connectivity index (χ0) is 15.5. The Morgan fingerprint density at radius 3 is 2.87 bits per heavy atom. The molecule has 2 aromatic rings. The average Bonchev–Trinajstić information content (AvgIpc) is 3.11. The van der Waals surface area contributed by atoms with Gasteiger partial charge in [-0.2, -0.15) is 5.10 Å². The average molecular weight is 335 g/mol. The van der Waals surface area contributed by atoms with Crippen molar-refractivity contribution in [1.29, 1.82) is 0 Å². The zero-order valence-corrected chi connectivity index (χ0v) is 15.1. The van der Waals surface area contributed by atoms with E-state index in [-0.39, 0.29) is 12.4 Å². The Kier molecular flexibility index (Phi) is 6.22. The third-order valence-electron chi connectivity index (χ3n) is 4.54. The van der Waals surface area contributed by atoms with Crippen molar-refractivity contribution in [3.05, 3.63) is 41.7 Å². The molecule has 4 nitrogen and oxygen atoms in total. The Morgan fingerprint density at radius 2 is 2.17 bits per heavy atom. The van der Waals surface area contributed by atoms with Crippen LogP contribution in [0.3, 0.4) is 0 Å². The minimum atomic E-state index is 0. The first-order valence-corrected chi connectivity index (χ1v) is 8.11. The fourth-order valence-electron chi connectivity index (χ4n) is 3.41. The van der Waals surface area contributed by atoms with Crippen LogP contribution < -0.4 is 5.32 Å². The molecule has 23 heavy (non-hydrogen) atoms. The Labute approximate surface area is 145 Å². The second kappa shape index (κ2) is 7.95. The van der Waals surface area contributed by atoms with E-state index in [1.165, 1.54) is 41.8 Å². The van der Waals surface area contributed by atoms with Crippen LogP contribution in [0.4, 0.5) is 0 Å². The number of hydrogen-bond acceptors (Lipinski definition) is 3. The third-order valence-corrected chi connectivity index (χ3v) is 4.54. The van der Waals surface area contributed by atoms with E-state index in [2.05, 4.69) is 46.6 Å². The highest BCUT2D eigenvalue weighted by Crippen LogP contribution is 2.27. The number of benzene rings is 1. The summed E-state index contributed by atoms with van der Waals surface area (Å²) in [6.07, 6.45) is 5.37. The van der Waals surface area contributed by atoms with Gasteiger partial charge in [0, 0.05) is 31.9 Å². The van der Waals surface area contributed by atoms with Crippen LogP contribution in [0, 0.1) is 12.8 Å². The van der Waals surface area contributed by atoms with Crippen LogP contribution in [-0.4, -0.2) is 41.4 Å². The molecule has 1 unspecified atom stereocenters. The number of hydrogen-bond donors (Lipinski definition) is 1. The first kappa shape index (κ1) is 18.0. The number of nitrogens with zero attached hydrogens (tertiary/aromatic N) is 3. The van der Waals surface area contributed by atoms with E-state index in [0.29, 0.717) is 0 Å². The Hall–Kier alpha value is -1.36. The predicted octanol–water partition coefficient (Wildman–Crippen LogP) is 2.86. The van der Waals surface area contributed by atoms with Crippen molar-refractivity contribution >= 4 is 12.4 Å². The second-order valence-corrected chi connectivity index (χ2v) is 6.51. The minimum Gasteiger partial charge on any atom is -0.319 e. The van der Waals surface area contributed by atoms with Gasteiger partial charge in [-0.1, -0.05) is 23.8 Å². The normalized spacial score (nSPS) is 18.1. The summed E-state index contributed by atoms with van der Waals surface area (Å²) >= 11 is 0. The smallest absolute Gasteiger partial charge is 0.0568 e. The molecule has 126 valence electrons. The van der Waals surface area contributed by atoms with Gasteiger partial charge < -0.3 is 5.32 Å². The van der Waals surface area contributed by atoms with Gasteiger partial charge in [0.2, 0.25) is 0 Å². The molecule has 0 radical (unpaired) electrons. The second-order valence-electron chi connectivity index (χ2n) is 6.51. The molecule has 1 aromatic carbocycles. The maximum atomic E-state index is 4.33. The van der Waals surface area contributed by atoms with Gasteiger partial charge in [-0.05, 0) is 50.5 Å². The first-order valence-electron chi connectivity index (χ1n) is 8.11.